The molecule has 212 valence electrons. The van der Waals surface area contributed by atoms with Crippen LogP contribution in [0.25, 0.3) is 11.0 Å². The van der Waals surface area contributed by atoms with Crippen LogP contribution in [-0.4, -0.2) is 64.5 Å². The minimum atomic E-state index is -0.479. The van der Waals surface area contributed by atoms with E-state index in [0.717, 1.165) is 39.9 Å². The van der Waals surface area contributed by atoms with E-state index in [1.807, 2.05) is 31.9 Å². The number of pyridine rings is 1. The van der Waals surface area contributed by atoms with Crippen LogP contribution in [0.5, 0.6) is 5.75 Å². The number of hydrogen-bond acceptors (Lipinski definition) is 6. The van der Waals surface area contributed by atoms with E-state index in [2.05, 4.69) is 39.9 Å². The molecule has 3 heterocycles. The number of amides is 1. The van der Waals surface area contributed by atoms with Gasteiger partial charge in [-0.3, -0.25) is 0 Å². The van der Waals surface area contributed by atoms with Gasteiger partial charge in [-0.1, -0.05) is 26.2 Å². The maximum atomic E-state index is 12.6. The summed E-state index contributed by atoms with van der Waals surface area (Å²) in [4.78, 5) is 19.3. The largest absolute Gasteiger partial charge is 0.492 e. The van der Waals surface area contributed by atoms with Crippen molar-refractivity contribution in [3.8, 4) is 5.75 Å². The van der Waals surface area contributed by atoms with E-state index in [0.29, 0.717) is 39.0 Å². The molecule has 38 heavy (non-hydrogen) atoms. The SMILES string of the molecule is CSCCOCn1cc(Br)c2c(OCC3(C)CCN(C(=O)OC(C)(C)C)CC3)c(C3CCCCC3)cnc21. The zero-order valence-corrected chi connectivity index (χ0v) is 26.1. The Morgan fingerprint density at radius 1 is 1.21 bits per heavy atom. The van der Waals surface area contributed by atoms with Crippen LogP contribution < -0.4 is 4.74 Å². The maximum Gasteiger partial charge on any atom is 0.410 e. The molecule has 1 saturated carbocycles. The number of nitrogens with zero attached hydrogens (tertiary/aromatic N) is 3. The molecule has 0 spiro atoms. The van der Waals surface area contributed by atoms with Crippen LogP contribution in [0.1, 0.15) is 84.1 Å². The number of fused-ring (bicyclic) bond motifs is 1. The smallest absolute Gasteiger partial charge is 0.410 e. The molecule has 0 radical (unpaired) electrons. The molecule has 1 amide bonds. The topological polar surface area (TPSA) is 65.8 Å². The number of rotatable bonds is 9. The average molecular weight is 611 g/mol. The van der Waals surface area contributed by atoms with Crippen molar-refractivity contribution in [2.75, 3.05) is 38.3 Å². The fourth-order valence-electron chi connectivity index (χ4n) is 5.41. The van der Waals surface area contributed by atoms with Gasteiger partial charge in [-0.25, -0.2) is 9.78 Å². The highest BCUT2D eigenvalue weighted by atomic mass is 79.9. The molecule has 2 aromatic heterocycles. The molecule has 0 bridgehead atoms. The van der Waals surface area contributed by atoms with Crippen LogP contribution in [0.4, 0.5) is 4.79 Å². The quantitative estimate of drug-likeness (QED) is 0.273. The van der Waals surface area contributed by atoms with Crippen molar-refractivity contribution in [3.05, 3.63) is 22.4 Å². The Morgan fingerprint density at radius 3 is 2.58 bits per heavy atom. The lowest BCUT2D eigenvalue weighted by atomic mass is 9.81. The lowest BCUT2D eigenvalue weighted by Crippen LogP contribution is -2.46. The molecule has 0 N–H and O–H groups in total. The molecule has 9 heteroatoms. The van der Waals surface area contributed by atoms with Crippen molar-refractivity contribution in [2.24, 2.45) is 5.41 Å². The highest BCUT2D eigenvalue weighted by molar-refractivity contribution is 9.10. The van der Waals surface area contributed by atoms with Crippen molar-refractivity contribution in [1.82, 2.24) is 14.5 Å². The number of halogens is 1. The summed E-state index contributed by atoms with van der Waals surface area (Å²) in [6.45, 7) is 11.2. The van der Waals surface area contributed by atoms with Crippen molar-refractivity contribution in [1.29, 1.82) is 0 Å². The van der Waals surface area contributed by atoms with Gasteiger partial charge < -0.3 is 23.7 Å². The predicted octanol–water partition coefficient (Wildman–Crippen LogP) is 7.60. The summed E-state index contributed by atoms with van der Waals surface area (Å²) in [5, 5.41) is 1.04. The summed E-state index contributed by atoms with van der Waals surface area (Å²) in [5.74, 6) is 2.41. The second-order valence-corrected chi connectivity index (χ2v) is 14.0. The highest BCUT2D eigenvalue weighted by Gasteiger charge is 2.35. The molecule has 1 aliphatic heterocycles. The van der Waals surface area contributed by atoms with Crippen LogP contribution in [-0.2, 0) is 16.2 Å². The standard InChI is InChI=1S/C29H44BrN3O4S/c1-28(2,3)37-27(34)32-13-11-29(4,12-14-32)19-36-25-22(21-9-7-6-8-10-21)17-31-26-24(25)23(30)18-33(26)20-35-15-16-38-5/h17-18,21H,6-16,19-20H2,1-5H3. The second-order valence-electron chi connectivity index (χ2n) is 12.1. The molecular formula is C29H44BrN3O4S. The molecule has 0 unspecified atom stereocenters. The third kappa shape index (κ3) is 7.39. The van der Waals surface area contributed by atoms with Crippen molar-refractivity contribution in [2.45, 2.75) is 90.9 Å². The summed E-state index contributed by atoms with van der Waals surface area (Å²) in [5.41, 5.74) is 1.62. The zero-order valence-electron chi connectivity index (χ0n) is 23.7. The fraction of sp³-hybridized carbons (Fsp3) is 0.724. The van der Waals surface area contributed by atoms with E-state index in [-0.39, 0.29) is 11.5 Å². The lowest BCUT2D eigenvalue weighted by molar-refractivity contribution is 0.00595. The summed E-state index contributed by atoms with van der Waals surface area (Å²) in [6.07, 6.45) is 13.9. The Morgan fingerprint density at radius 2 is 1.92 bits per heavy atom. The third-order valence-corrected chi connectivity index (χ3v) is 8.89. The van der Waals surface area contributed by atoms with Crippen molar-refractivity contribution < 1.29 is 19.0 Å². The van der Waals surface area contributed by atoms with Crippen LogP contribution in [0.3, 0.4) is 0 Å². The zero-order chi connectivity index (χ0) is 27.3. The molecule has 2 aromatic rings. The van der Waals surface area contributed by atoms with Gasteiger partial charge in [0.25, 0.3) is 0 Å². The first-order valence-electron chi connectivity index (χ1n) is 13.9. The number of hydrogen-bond donors (Lipinski definition) is 0. The van der Waals surface area contributed by atoms with Crippen molar-refractivity contribution >= 4 is 44.8 Å². The van der Waals surface area contributed by atoms with Crippen LogP contribution in [0.15, 0.2) is 16.9 Å². The van der Waals surface area contributed by atoms with E-state index in [1.54, 1.807) is 11.8 Å². The maximum absolute atomic E-state index is 12.6. The van der Waals surface area contributed by atoms with Gasteiger partial charge in [-0.2, -0.15) is 11.8 Å². The summed E-state index contributed by atoms with van der Waals surface area (Å²) < 4.78 is 21.3. The van der Waals surface area contributed by atoms with Crippen LogP contribution in [0.2, 0.25) is 0 Å². The van der Waals surface area contributed by atoms with Crippen LogP contribution in [0, 0.1) is 5.41 Å². The molecule has 7 nitrogen and oxygen atoms in total. The monoisotopic (exact) mass is 609 g/mol. The number of likely N-dealkylation sites (tertiary alicyclic amines) is 1. The molecule has 2 fully saturated rings. The molecule has 4 rings (SSSR count). The van der Waals surface area contributed by atoms with Gasteiger partial charge in [0.05, 0.1) is 18.6 Å². The highest BCUT2D eigenvalue weighted by Crippen LogP contribution is 2.44. The first-order chi connectivity index (χ1) is 18.1. The molecule has 1 aliphatic carbocycles. The van der Waals surface area contributed by atoms with Gasteiger partial charge in [0.1, 0.15) is 23.7 Å². The minimum Gasteiger partial charge on any atom is -0.492 e. The predicted molar refractivity (Wildman–Crippen MR) is 158 cm³/mol. The number of carbonyl (C=O) groups is 1. The summed E-state index contributed by atoms with van der Waals surface area (Å²) >= 11 is 5.60. The number of ether oxygens (including phenoxy) is 3. The third-order valence-electron chi connectivity index (χ3n) is 7.71. The number of aromatic nitrogens is 2. The van der Waals surface area contributed by atoms with E-state index in [9.17, 15) is 4.79 Å². The Kier molecular flexibility index (Phi) is 9.96. The molecular weight excluding hydrogens is 566 g/mol. The van der Waals surface area contributed by atoms with Crippen LogP contribution >= 0.6 is 27.7 Å². The molecule has 2 aliphatic rings. The van der Waals surface area contributed by atoms with Gasteiger partial charge in [0, 0.05) is 46.7 Å². The van der Waals surface area contributed by atoms with E-state index in [1.165, 1.54) is 37.7 Å². The Hall–Kier alpha value is -1.45. The Bertz CT molecular complexity index is 1090. The average Bonchev–Trinajstić information content (AvgIpc) is 3.20. The van der Waals surface area contributed by atoms with Crippen molar-refractivity contribution in [3.63, 3.8) is 0 Å². The molecule has 0 aromatic carbocycles. The first-order valence-corrected chi connectivity index (χ1v) is 16.1. The van der Waals surface area contributed by atoms with E-state index in [4.69, 9.17) is 19.2 Å². The van der Waals surface area contributed by atoms with Gasteiger partial charge in [-0.05, 0) is 74.6 Å². The summed E-state index contributed by atoms with van der Waals surface area (Å²) in [7, 11) is 0. The molecule has 1 saturated heterocycles. The van der Waals surface area contributed by atoms with Gasteiger partial charge in [-0.15, -0.1) is 0 Å². The second kappa shape index (κ2) is 12.8. The van der Waals surface area contributed by atoms with Gasteiger partial charge in [0.15, 0.2) is 0 Å². The normalized spacial score (nSPS) is 18.6. The van der Waals surface area contributed by atoms with Gasteiger partial charge in [0.2, 0.25) is 0 Å². The molecule has 0 atom stereocenters. The first kappa shape index (κ1) is 29.5. The Balaban J connectivity index is 1.53. The fourth-order valence-corrected chi connectivity index (χ4v) is 6.29. The number of piperidine rings is 1. The van der Waals surface area contributed by atoms with E-state index < -0.39 is 5.60 Å². The lowest BCUT2D eigenvalue weighted by Gasteiger charge is -2.39. The number of carbonyl (C=O) groups excluding carboxylic acids is 1. The van der Waals surface area contributed by atoms with E-state index >= 15 is 0 Å². The summed E-state index contributed by atoms with van der Waals surface area (Å²) in [6, 6.07) is 0. The number of thioether (sulfide) groups is 1. The van der Waals surface area contributed by atoms with Gasteiger partial charge >= 0.3 is 6.09 Å². The minimum absolute atomic E-state index is 0.0199. The Labute approximate surface area is 240 Å².